The van der Waals surface area contributed by atoms with Crippen molar-refractivity contribution < 1.29 is 0 Å². The molecule has 0 radical (unpaired) electrons. The molecule has 3 heterocycles. The van der Waals surface area contributed by atoms with Gasteiger partial charge in [-0.3, -0.25) is 0 Å². The van der Waals surface area contributed by atoms with Crippen LogP contribution < -0.4 is 5.32 Å². The second kappa shape index (κ2) is 7.29. The normalized spacial score (nSPS) is 11.1. The second-order valence-corrected chi connectivity index (χ2v) is 7.81. The summed E-state index contributed by atoms with van der Waals surface area (Å²) in [6.45, 7) is 2.99. The molecule has 0 aliphatic rings. The molecular formula is C19H18N4S2. The molecule has 0 aliphatic heterocycles. The molecule has 1 N–H and O–H groups in total. The summed E-state index contributed by atoms with van der Waals surface area (Å²) >= 11 is 3.26. The zero-order chi connectivity index (χ0) is 17.1. The number of anilines is 1. The van der Waals surface area contributed by atoms with E-state index in [0.29, 0.717) is 5.82 Å². The number of thiophene rings is 1. The summed E-state index contributed by atoms with van der Waals surface area (Å²) in [5.41, 5.74) is 4.02. The molecule has 0 saturated heterocycles. The Balaban J connectivity index is 1.53. The predicted octanol–water partition coefficient (Wildman–Crippen LogP) is 5.17. The molecule has 0 amide bonds. The van der Waals surface area contributed by atoms with Gasteiger partial charge in [0.05, 0.1) is 10.9 Å². The van der Waals surface area contributed by atoms with Crippen molar-refractivity contribution in [2.24, 2.45) is 0 Å². The van der Waals surface area contributed by atoms with Crippen LogP contribution >= 0.6 is 22.7 Å². The van der Waals surface area contributed by atoms with E-state index in [9.17, 15) is 0 Å². The van der Waals surface area contributed by atoms with E-state index in [-0.39, 0.29) is 0 Å². The molecule has 1 aromatic carbocycles. The Kier molecular flexibility index (Phi) is 4.72. The number of rotatable bonds is 6. The monoisotopic (exact) mass is 366 g/mol. The van der Waals surface area contributed by atoms with Gasteiger partial charge in [0.25, 0.3) is 0 Å². The fourth-order valence-corrected chi connectivity index (χ4v) is 4.17. The van der Waals surface area contributed by atoms with Crippen molar-refractivity contribution >= 4 is 38.7 Å². The van der Waals surface area contributed by atoms with E-state index in [1.807, 2.05) is 10.9 Å². The van der Waals surface area contributed by atoms with Crippen molar-refractivity contribution in [3.05, 3.63) is 57.7 Å². The highest BCUT2D eigenvalue weighted by Crippen LogP contribution is 2.30. The number of hydrogen-bond donors (Lipinski definition) is 1. The Morgan fingerprint density at radius 2 is 2.00 bits per heavy atom. The van der Waals surface area contributed by atoms with E-state index in [4.69, 9.17) is 4.98 Å². The summed E-state index contributed by atoms with van der Waals surface area (Å²) in [5.74, 6) is 1.60. The van der Waals surface area contributed by atoms with E-state index in [0.717, 1.165) is 41.1 Å². The quantitative estimate of drug-likeness (QED) is 0.478. The minimum Gasteiger partial charge on any atom is -0.369 e. The van der Waals surface area contributed by atoms with Crippen molar-refractivity contribution in [2.45, 2.75) is 19.8 Å². The molecule has 0 aliphatic carbocycles. The van der Waals surface area contributed by atoms with Crippen LogP contribution in [0.3, 0.4) is 0 Å². The largest absolute Gasteiger partial charge is 0.369 e. The van der Waals surface area contributed by atoms with Crippen molar-refractivity contribution in [1.29, 1.82) is 0 Å². The summed E-state index contributed by atoms with van der Waals surface area (Å²) in [5, 5.41) is 6.59. The number of aromatic nitrogens is 3. The van der Waals surface area contributed by atoms with Gasteiger partial charge in [0.15, 0.2) is 5.82 Å². The van der Waals surface area contributed by atoms with Crippen molar-refractivity contribution in [1.82, 2.24) is 15.0 Å². The Labute approximate surface area is 154 Å². The highest BCUT2D eigenvalue weighted by molar-refractivity contribution is 7.18. The van der Waals surface area contributed by atoms with Gasteiger partial charge in [-0.1, -0.05) is 30.3 Å². The topological polar surface area (TPSA) is 50.7 Å². The SMILES string of the molecule is Cc1cc2c(NCCCc3ccccc3)nc(-c3cscn3)nc2s1. The third-order valence-corrected chi connectivity index (χ3v) is 5.49. The fourth-order valence-electron chi connectivity index (χ4n) is 2.76. The lowest BCUT2D eigenvalue weighted by molar-refractivity contribution is 0.860. The zero-order valence-corrected chi connectivity index (χ0v) is 15.5. The fraction of sp³-hybridized carbons (Fsp3) is 0.211. The molecule has 0 bridgehead atoms. The molecule has 0 unspecified atom stereocenters. The van der Waals surface area contributed by atoms with Gasteiger partial charge in [-0.2, -0.15) is 0 Å². The van der Waals surface area contributed by atoms with Gasteiger partial charge in [-0.25, -0.2) is 15.0 Å². The molecule has 25 heavy (non-hydrogen) atoms. The number of fused-ring (bicyclic) bond motifs is 1. The van der Waals surface area contributed by atoms with Crippen LogP contribution in [0.5, 0.6) is 0 Å². The lowest BCUT2D eigenvalue weighted by Gasteiger charge is -2.08. The third-order valence-electron chi connectivity index (χ3n) is 3.95. The van der Waals surface area contributed by atoms with Gasteiger partial charge in [-0.05, 0) is 31.4 Å². The van der Waals surface area contributed by atoms with Crippen LogP contribution in [0.15, 0.2) is 47.3 Å². The molecule has 0 saturated carbocycles. The Morgan fingerprint density at radius 1 is 1.12 bits per heavy atom. The van der Waals surface area contributed by atoms with Crippen LogP contribution in [-0.4, -0.2) is 21.5 Å². The van der Waals surface area contributed by atoms with Gasteiger partial charge in [-0.15, -0.1) is 22.7 Å². The smallest absolute Gasteiger partial charge is 0.182 e. The van der Waals surface area contributed by atoms with Crippen molar-refractivity contribution in [3.8, 4) is 11.5 Å². The zero-order valence-electron chi connectivity index (χ0n) is 13.9. The van der Waals surface area contributed by atoms with Crippen LogP contribution in [0.25, 0.3) is 21.7 Å². The number of nitrogens with one attached hydrogen (secondary N) is 1. The molecule has 3 aromatic heterocycles. The summed E-state index contributed by atoms with van der Waals surface area (Å²) in [4.78, 5) is 16.0. The molecular weight excluding hydrogens is 348 g/mol. The van der Waals surface area contributed by atoms with Crippen LogP contribution in [0.4, 0.5) is 5.82 Å². The van der Waals surface area contributed by atoms with Crippen molar-refractivity contribution in [2.75, 3.05) is 11.9 Å². The highest BCUT2D eigenvalue weighted by Gasteiger charge is 2.12. The standard InChI is InChI=1S/C19H18N4S2/c1-13-10-15-17(20-9-5-8-14-6-3-2-4-7-14)22-18(23-19(15)25-13)16-11-24-12-21-16/h2-4,6-7,10-12H,5,8-9H2,1H3,(H,20,22,23). The minimum absolute atomic E-state index is 0.696. The van der Waals surface area contributed by atoms with Crippen LogP contribution in [0.2, 0.25) is 0 Å². The van der Waals surface area contributed by atoms with Gasteiger partial charge < -0.3 is 5.32 Å². The Bertz CT molecular complexity index is 962. The van der Waals surface area contributed by atoms with E-state index in [1.54, 1.807) is 22.7 Å². The average molecular weight is 367 g/mol. The Hall–Kier alpha value is -2.31. The maximum absolute atomic E-state index is 4.73. The lowest BCUT2D eigenvalue weighted by atomic mass is 10.1. The average Bonchev–Trinajstić information content (AvgIpc) is 3.28. The molecule has 0 spiro atoms. The number of nitrogens with zero attached hydrogens (tertiary/aromatic N) is 3. The van der Waals surface area contributed by atoms with E-state index >= 15 is 0 Å². The molecule has 6 heteroatoms. The summed E-state index contributed by atoms with van der Waals surface area (Å²) < 4.78 is 0. The second-order valence-electron chi connectivity index (χ2n) is 5.86. The van der Waals surface area contributed by atoms with Crippen LogP contribution in [0, 0.1) is 6.92 Å². The predicted molar refractivity (Wildman–Crippen MR) is 107 cm³/mol. The van der Waals surface area contributed by atoms with E-state index in [1.165, 1.54) is 10.4 Å². The molecule has 0 atom stereocenters. The number of aryl methyl sites for hydroxylation is 2. The van der Waals surface area contributed by atoms with E-state index < -0.39 is 0 Å². The summed E-state index contributed by atoms with van der Waals surface area (Å²) in [7, 11) is 0. The first-order valence-corrected chi connectivity index (χ1v) is 10.00. The third kappa shape index (κ3) is 3.70. The molecule has 4 rings (SSSR count). The van der Waals surface area contributed by atoms with Gasteiger partial charge >= 0.3 is 0 Å². The molecule has 4 aromatic rings. The Morgan fingerprint density at radius 3 is 2.80 bits per heavy atom. The van der Waals surface area contributed by atoms with Gasteiger partial charge in [0, 0.05) is 16.8 Å². The van der Waals surface area contributed by atoms with Crippen LogP contribution in [-0.2, 0) is 6.42 Å². The van der Waals surface area contributed by atoms with Crippen LogP contribution in [0.1, 0.15) is 16.9 Å². The number of thiazole rings is 1. The number of benzene rings is 1. The van der Waals surface area contributed by atoms with E-state index in [2.05, 4.69) is 58.6 Å². The first-order chi connectivity index (χ1) is 12.3. The van der Waals surface area contributed by atoms with Gasteiger partial charge in [0.2, 0.25) is 0 Å². The first-order valence-electron chi connectivity index (χ1n) is 8.24. The summed E-state index contributed by atoms with van der Waals surface area (Å²) in [6.07, 6.45) is 2.12. The maximum Gasteiger partial charge on any atom is 0.182 e. The molecule has 4 nitrogen and oxygen atoms in total. The molecule has 126 valence electrons. The minimum atomic E-state index is 0.696. The summed E-state index contributed by atoms with van der Waals surface area (Å²) in [6, 6.07) is 12.7. The van der Waals surface area contributed by atoms with Crippen molar-refractivity contribution in [3.63, 3.8) is 0 Å². The molecule has 0 fully saturated rings. The highest BCUT2D eigenvalue weighted by atomic mass is 32.1. The van der Waals surface area contributed by atoms with Gasteiger partial charge in [0.1, 0.15) is 16.3 Å². The first kappa shape index (κ1) is 16.2. The maximum atomic E-state index is 4.73. The number of hydrogen-bond acceptors (Lipinski definition) is 6. The lowest BCUT2D eigenvalue weighted by Crippen LogP contribution is -2.06.